The first-order chi connectivity index (χ1) is 10.3. The molecular weight excluding hydrogens is 270 g/mol. The molecule has 0 spiro atoms. The average Bonchev–Trinajstić information content (AvgIpc) is 3.15. The summed E-state index contributed by atoms with van der Waals surface area (Å²) in [6, 6.07) is 0. The molecule has 0 saturated carbocycles. The van der Waals surface area contributed by atoms with E-state index in [0.717, 1.165) is 31.1 Å². The van der Waals surface area contributed by atoms with Crippen LogP contribution in [-0.2, 0) is 11.3 Å². The van der Waals surface area contributed by atoms with Gasteiger partial charge in [0, 0.05) is 26.3 Å². The number of hydrogen-bond donors (Lipinski definition) is 2. The fourth-order valence-corrected chi connectivity index (χ4v) is 2.31. The third-order valence-electron chi connectivity index (χ3n) is 3.19. The molecule has 0 aromatic carbocycles. The van der Waals surface area contributed by atoms with E-state index in [-0.39, 0.29) is 5.69 Å². The minimum atomic E-state index is -0.109. The fourth-order valence-electron chi connectivity index (χ4n) is 2.31. The van der Waals surface area contributed by atoms with E-state index >= 15 is 0 Å². The summed E-state index contributed by atoms with van der Waals surface area (Å²) >= 11 is 0. The third kappa shape index (κ3) is 3.41. The Labute approximate surface area is 123 Å². The Balaban J connectivity index is 0.000000194. The molecule has 0 aliphatic carbocycles. The lowest BCUT2D eigenvalue weighted by Crippen LogP contribution is -2.25. The molecule has 2 aromatic heterocycles. The van der Waals surface area contributed by atoms with Gasteiger partial charge in [-0.15, -0.1) is 0 Å². The lowest BCUT2D eigenvalue weighted by molar-refractivity contribution is 0.198. The molecule has 2 aliphatic heterocycles. The molecule has 116 valence electrons. The van der Waals surface area contributed by atoms with Crippen LogP contribution in [0.2, 0.25) is 0 Å². The number of imidazole rings is 1. The molecule has 4 rings (SSSR count). The number of rotatable bonds is 0. The molecule has 4 heterocycles. The summed E-state index contributed by atoms with van der Waals surface area (Å²) in [5.74, 6) is 1.41. The molecule has 0 amide bonds. The van der Waals surface area contributed by atoms with Gasteiger partial charge in [0.15, 0.2) is 11.5 Å². The third-order valence-corrected chi connectivity index (χ3v) is 3.19. The smallest absolute Gasteiger partial charge is 0.327 e. The van der Waals surface area contributed by atoms with Gasteiger partial charge in [0.1, 0.15) is 11.3 Å². The number of aromatic amines is 1. The van der Waals surface area contributed by atoms with E-state index in [1.807, 2.05) is 20.8 Å². The first kappa shape index (κ1) is 15.5. The van der Waals surface area contributed by atoms with Gasteiger partial charge in [0.2, 0.25) is 0 Å². The van der Waals surface area contributed by atoms with Crippen LogP contribution in [0.4, 0.5) is 5.82 Å². The predicted octanol–water partition coefficient (Wildman–Crippen LogP) is 1.68. The van der Waals surface area contributed by atoms with Crippen molar-refractivity contribution in [1.82, 2.24) is 19.5 Å². The van der Waals surface area contributed by atoms with E-state index in [1.165, 1.54) is 12.8 Å². The van der Waals surface area contributed by atoms with Crippen LogP contribution >= 0.6 is 0 Å². The van der Waals surface area contributed by atoms with Crippen LogP contribution in [0.15, 0.2) is 4.79 Å². The van der Waals surface area contributed by atoms with Crippen molar-refractivity contribution in [2.45, 2.75) is 40.2 Å². The van der Waals surface area contributed by atoms with Crippen LogP contribution in [0, 0.1) is 6.92 Å². The maximum atomic E-state index is 11.5. The van der Waals surface area contributed by atoms with Gasteiger partial charge < -0.3 is 10.1 Å². The van der Waals surface area contributed by atoms with Gasteiger partial charge in [0.05, 0.1) is 0 Å². The number of anilines is 1. The molecule has 1 saturated heterocycles. The Morgan fingerprint density at radius 3 is 2.52 bits per heavy atom. The van der Waals surface area contributed by atoms with Crippen LogP contribution in [0.5, 0.6) is 0 Å². The van der Waals surface area contributed by atoms with Crippen molar-refractivity contribution in [1.29, 1.82) is 0 Å². The van der Waals surface area contributed by atoms with Crippen molar-refractivity contribution in [3.8, 4) is 0 Å². The van der Waals surface area contributed by atoms with E-state index in [4.69, 9.17) is 4.74 Å². The monoisotopic (exact) mass is 293 g/mol. The highest BCUT2D eigenvalue weighted by atomic mass is 16.5. The molecule has 2 aliphatic rings. The lowest BCUT2D eigenvalue weighted by Gasteiger charge is -2.14. The Morgan fingerprint density at radius 2 is 1.90 bits per heavy atom. The van der Waals surface area contributed by atoms with E-state index < -0.39 is 0 Å². The second-order valence-corrected chi connectivity index (χ2v) is 4.64. The van der Waals surface area contributed by atoms with Crippen LogP contribution in [0.3, 0.4) is 0 Å². The fraction of sp³-hybridized carbons (Fsp3) is 0.643. The quantitative estimate of drug-likeness (QED) is 0.772. The molecule has 0 bridgehead atoms. The normalized spacial score (nSPS) is 15.6. The second kappa shape index (κ2) is 7.21. The minimum Gasteiger partial charge on any atom is -0.381 e. The van der Waals surface area contributed by atoms with E-state index in [1.54, 1.807) is 4.57 Å². The summed E-state index contributed by atoms with van der Waals surface area (Å²) in [6.45, 7) is 9.20. The van der Waals surface area contributed by atoms with E-state index in [2.05, 4.69) is 20.3 Å². The standard InChI is InChI=1S/C8H9N5O.C4H8O.C2H6/c1-4-10-6-5-7(11-4)12-8(14)13(5)3-2-9-6;1-2-4-5-3-1;1-2/h2-3H2,1H3,(H2,9,10,11,12,14);1-4H2;1-2H3. The van der Waals surface area contributed by atoms with Crippen LogP contribution in [0.1, 0.15) is 32.5 Å². The molecule has 0 radical (unpaired) electrons. The van der Waals surface area contributed by atoms with Gasteiger partial charge in [-0.25, -0.2) is 14.8 Å². The average molecular weight is 293 g/mol. The highest BCUT2D eigenvalue weighted by molar-refractivity contribution is 5.83. The maximum absolute atomic E-state index is 11.5. The van der Waals surface area contributed by atoms with Gasteiger partial charge in [0.25, 0.3) is 0 Å². The summed E-state index contributed by atoms with van der Waals surface area (Å²) in [7, 11) is 0. The lowest BCUT2D eigenvalue weighted by atomic mass is 10.4. The first-order valence-electron chi connectivity index (χ1n) is 7.54. The van der Waals surface area contributed by atoms with Crippen molar-refractivity contribution in [2.24, 2.45) is 0 Å². The molecule has 1 fully saturated rings. The Morgan fingerprint density at radius 1 is 1.19 bits per heavy atom. The highest BCUT2D eigenvalue weighted by Gasteiger charge is 2.17. The highest BCUT2D eigenvalue weighted by Crippen LogP contribution is 2.20. The molecule has 7 nitrogen and oxygen atoms in total. The SMILES string of the molecule is C1CCOC1.CC.Cc1nc2c3c(n1)[nH]c(=O)n3CCN2. The number of nitrogens with one attached hydrogen (secondary N) is 2. The number of nitrogens with zero attached hydrogens (tertiary/aromatic N) is 3. The summed E-state index contributed by atoms with van der Waals surface area (Å²) in [5.41, 5.74) is 1.29. The molecule has 7 heteroatoms. The van der Waals surface area contributed by atoms with Crippen molar-refractivity contribution in [3.63, 3.8) is 0 Å². The first-order valence-corrected chi connectivity index (χ1v) is 7.54. The summed E-state index contributed by atoms with van der Waals surface area (Å²) in [4.78, 5) is 22.6. The summed E-state index contributed by atoms with van der Waals surface area (Å²) in [6.07, 6.45) is 2.56. The van der Waals surface area contributed by atoms with Gasteiger partial charge in [-0.3, -0.25) is 9.55 Å². The maximum Gasteiger partial charge on any atom is 0.327 e. The van der Waals surface area contributed by atoms with Gasteiger partial charge in [-0.1, -0.05) is 13.8 Å². The van der Waals surface area contributed by atoms with Crippen LogP contribution in [0.25, 0.3) is 11.2 Å². The summed E-state index contributed by atoms with van der Waals surface area (Å²) < 4.78 is 6.61. The van der Waals surface area contributed by atoms with Gasteiger partial charge in [-0.2, -0.15) is 0 Å². The van der Waals surface area contributed by atoms with Crippen LogP contribution < -0.4 is 11.0 Å². The molecule has 0 unspecified atom stereocenters. The number of ether oxygens (including phenoxy) is 1. The molecule has 0 atom stereocenters. The molecule has 2 aromatic rings. The second-order valence-electron chi connectivity index (χ2n) is 4.64. The van der Waals surface area contributed by atoms with Gasteiger partial charge in [-0.05, 0) is 19.8 Å². The number of aromatic nitrogens is 4. The van der Waals surface area contributed by atoms with Crippen molar-refractivity contribution in [3.05, 3.63) is 16.3 Å². The Hall–Kier alpha value is -1.89. The van der Waals surface area contributed by atoms with Crippen LogP contribution in [-0.4, -0.2) is 39.3 Å². The number of hydrogen-bond acceptors (Lipinski definition) is 5. The van der Waals surface area contributed by atoms with E-state index in [0.29, 0.717) is 18.0 Å². The largest absolute Gasteiger partial charge is 0.381 e. The Bertz CT molecular complexity index is 635. The minimum absolute atomic E-state index is 0.109. The van der Waals surface area contributed by atoms with Crippen molar-refractivity contribution in [2.75, 3.05) is 25.1 Å². The van der Waals surface area contributed by atoms with Crippen molar-refractivity contribution >= 4 is 17.0 Å². The molecular formula is C14H23N5O2. The Kier molecular flexibility index (Phi) is 5.32. The van der Waals surface area contributed by atoms with Crippen molar-refractivity contribution < 1.29 is 4.74 Å². The predicted molar refractivity (Wildman–Crippen MR) is 82.8 cm³/mol. The number of H-pyrrole nitrogens is 1. The topological polar surface area (TPSA) is 84.8 Å². The molecule has 2 N–H and O–H groups in total. The summed E-state index contributed by atoms with van der Waals surface area (Å²) in [5, 5.41) is 3.15. The van der Waals surface area contributed by atoms with E-state index in [9.17, 15) is 4.79 Å². The zero-order valence-electron chi connectivity index (χ0n) is 12.9. The number of aryl methyl sites for hydroxylation is 1. The zero-order chi connectivity index (χ0) is 15.2. The van der Waals surface area contributed by atoms with Gasteiger partial charge >= 0.3 is 5.69 Å². The zero-order valence-corrected chi connectivity index (χ0v) is 12.9. The molecule has 21 heavy (non-hydrogen) atoms.